The molecule has 0 saturated heterocycles. The fourth-order valence-corrected chi connectivity index (χ4v) is 0.186. The second-order valence-electron chi connectivity index (χ2n) is 0.955. The molecule has 0 nitrogen and oxygen atoms in total. The molecular weight excluding hydrogens is 147 g/mol. The van der Waals surface area contributed by atoms with Crippen LogP contribution < -0.4 is 0 Å². The summed E-state index contributed by atoms with van der Waals surface area (Å²) < 4.78 is 54.4. The van der Waals surface area contributed by atoms with Crippen LogP contribution >= 0.6 is 0 Å². The molecule has 0 aromatic heterocycles. The molecule has 0 aliphatic heterocycles. The molecule has 0 rings (SSSR count). The van der Waals surface area contributed by atoms with E-state index in [1.165, 1.54) is 0 Å². The summed E-state index contributed by atoms with van der Waals surface area (Å²) in [6.07, 6.45) is -5.08. The van der Waals surface area contributed by atoms with Crippen LogP contribution in [0.3, 0.4) is 0 Å². The summed E-state index contributed by atoms with van der Waals surface area (Å²) in [5.74, 6) is 0. The van der Waals surface area contributed by atoms with Gasteiger partial charge in [-0.15, -0.1) is 0 Å². The van der Waals surface area contributed by atoms with Crippen molar-refractivity contribution in [3.05, 3.63) is 0 Å². The van der Waals surface area contributed by atoms with Crippen molar-refractivity contribution in [2.75, 3.05) is 0 Å². The minimum atomic E-state index is -5.08. The topological polar surface area (TPSA) is 0 Å². The third-order valence-corrected chi connectivity index (χ3v) is 0.886. The molecule has 0 unspecified atom stereocenters. The molecule has 0 spiro atoms. The van der Waals surface area contributed by atoms with Gasteiger partial charge in [-0.05, 0) is 0 Å². The van der Waals surface area contributed by atoms with Crippen LogP contribution in [0.2, 0.25) is 0 Å². The Morgan fingerprint density at radius 2 is 1.62 bits per heavy atom. The van der Waals surface area contributed by atoms with Gasteiger partial charge in [0.05, 0.1) is 0 Å². The first-order valence-corrected chi connectivity index (χ1v) is 2.53. The maximum atomic E-state index is 11.1. The first kappa shape index (κ1) is 7.74. The largest absolute Gasteiger partial charge is 0.440 e. The van der Waals surface area contributed by atoms with E-state index in [2.05, 4.69) is 0 Å². The molecule has 0 aliphatic rings. The lowest BCUT2D eigenvalue weighted by atomic mass is 10.7. The highest BCUT2D eigenvalue weighted by atomic mass is 28.2. The average Bonchev–Trinajstić information content (AvgIpc) is 1.62. The normalized spacial score (nSPS) is 14.4. The van der Waals surface area contributed by atoms with Crippen molar-refractivity contribution in [2.45, 2.75) is 6.18 Å². The number of hydrogen-bond acceptors (Lipinski definition) is 0. The Kier molecular flexibility index (Phi) is 2.26. The molecule has 0 bridgehead atoms. The predicted molar refractivity (Wildman–Crippen MR) is 20.4 cm³/mol. The SMILES string of the molecule is F[SiH]=C(F)C(F)(F)F. The Morgan fingerprint density at radius 3 is 1.62 bits per heavy atom. The molecule has 0 aromatic rings. The van der Waals surface area contributed by atoms with E-state index in [0.717, 1.165) is 0 Å². The molecule has 0 heterocycles. The van der Waals surface area contributed by atoms with E-state index < -0.39 is 21.1 Å². The fourth-order valence-electron chi connectivity index (χ4n) is 0.0619. The predicted octanol–water partition coefficient (Wildman–Crippen LogP) is 0.969. The van der Waals surface area contributed by atoms with Gasteiger partial charge >= 0.3 is 6.18 Å². The van der Waals surface area contributed by atoms with Crippen LogP contribution in [0.5, 0.6) is 0 Å². The molecule has 0 amide bonds. The van der Waals surface area contributed by atoms with Crippen LogP contribution in [-0.4, -0.2) is 21.1 Å². The summed E-state index contributed by atoms with van der Waals surface area (Å²) in [7, 11) is -2.72. The lowest BCUT2D eigenvalue weighted by Crippen LogP contribution is -2.19. The van der Waals surface area contributed by atoms with Crippen molar-refractivity contribution in [2.24, 2.45) is 0 Å². The van der Waals surface area contributed by atoms with Crippen molar-refractivity contribution in [3.8, 4) is 0 Å². The van der Waals surface area contributed by atoms with Gasteiger partial charge in [0.15, 0.2) is 0 Å². The van der Waals surface area contributed by atoms with Gasteiger partial charge in [-0.2, -0.15) is 13.2 Å². The zero-order valence-electron chi connectivity index (χ0n) is 3.47. The fraction of sp³-hybridized carbons (Fsp3) is 0.500. The smallest absolute Gasteiger partial charge is 0.284 e. The minimum Gasteiger partial charge on any atom is -0.284 e. The van der Waals surface area contributed by atoms with Crippen molar-refractivity contribution in [1.82, 2.24) is 0 Å². The molecule has 0 atom stereocenters. The van der Waals surface area contributed by atoms with Gasteiger partial charge in [-0.1, -0.05) is 0 Å². The van der Waals surface area contributed by atoms with E-state index in [1.807, 2.05) is 0 Å². The molecule has 48 valence electrons. The second-order valence-corrected chi connectivity index (χ2v) is 1.68. The Hall–Kier alpha value is -0.263. The average molecular weight is 148 g/mol. The molecule has 0 fully saturated rings. The Bertz CT molecular complexity index is 101. The Balaban J connectivity index is 4.03. The summed E-state index contributed by atoms with van der Waals surface area (Å²) >= 11 is 0. The van der Waals surface area contributed by atoms with E-state index in [9.17, 15) is 21.7 Å². The monoisotopic (exact) mass is 148 g/mol. The number of halogens is 5. The zero-order chi connectivity index (χ0) is 6.78. The lowest BCUT2D eigenvalue weighted by Gasteiger charge is -1.97. The van der Waals surface area contributed by atoms with Crippen molar-refractivity contribution in [1.29, 1.82) is 0 Å². The minimum absolute atomic E-state index is 2.50. The van der Waals surface area contributed by atoms with Crippen LogP contribution in [-0.2, 0) is 0 Å². The van der Waals surface area contributed by atoms with E-state index >= 15 is 0 Å². The molecule has 8 heavy (non-hydrogen) atoms. The van der Waals surface area contributed by atoms with Crippen molar-refractivity contribution < 1.29 is 21.7 Å². The molecular formula is C2HF5Si. The zero-order valence-corrected chi connectivity index (χ0v) is 4.62. The summed E-state index contributed by atoms with van der Waals surface area (Å²) in [5, 5.41) is 0. The van der Waals surface area contributed by atoms with E-state index in [-0.39, 0.29) is 0 Å². The van der Waals surface area contributed by atoms with Crippen LogP contribution in [0.1, 0.15) is 0 Å². The van der Waals surface area contributed by atoms with Crippen molar-refractivity contribution >= 4 is 14.9 Å². The molecule has 0 saturated carbocycles. The van der Waals surface area contributed by atoms with Gasteiger partial charge in [0.1, 0.15) is 0 Å². The summed E-state index contributed by atoms with van der Waals surface area (Å²) in [5.41, 5.74) is -2.50. The number of alkyl halides is 3. The second kappa shape index (κ2) is 2.34. The quantitative estimate of drug-likeness (QED) is 0.273. The van der Waals surface area contributed by atoms with Crippen molar-refractivity contribution in [3.63, 3.8) is 0 Å². The third-order valence-electron chi connectivity index (χ3n) is 0.367. The third kappa shape index (κ3) is 2.15. The summed E-state index contributed by atoms with van der Waals surface area (Å²) in [4.78, 5) is 0. The number of hydrogen-bond donors (Lipinski definition) is 0. The van der Waals surface area contributed by atoms with Gasteiger partial charge < -0.3 is 0 Å². The van der Waals surface area contributed by atoms with E-state index in [0.29, 0.717) is 0 Å². The molecule has 0 aliphatic carbocycles. The molecule has 0 aromatic carbocycles. The first-order chi connectivity index (χ1) is 3.48. The highest BCUT2D eigenvalue weighted by molar-refractivity contribution is 6.47. The van der Waals surface area contributed by atoms with E-state index in [4.69, 9.17) is 0 Å². The Labute approximate surface area is 43.9 Å². The summed E-state index contributed by atoms with van der Waals surface area (Å²) in [6.45, 7) is 0. The molecule has 0 radical (unpaired) electrons. The standard InChI is InChI=1S/C2HF5Si/c3-1(8-7)2(4,5)6/h8H. The number of rotatable bonds is 0. The molecule has 0 N–H and O–H groups in total. The highest BCUT2D eigenvalue weighted by Crippen LogP contribution is 2.16. The van der Waals surface area contributed by atoms with Gasteiger partial charge in [0, 0.05) is 0 Å². The Morgan fingerprint density at radius 1 is 1.25 bits per heavy atom. The highest BCUT2D eigenvalue weighted by Gasteiger charge is 2.34. The first-order valence-electron chi connectivity index (χ1n) is 1.51. The van der Waals surface area contributed by atoms with Gasteiger partial charge in [-0.25, -0.2) is 4.39 Å². The van der Waals surface area contributed by atoms with E-state index in [1.54, 1.807) is 0 Å². The molecule has 6 heteroatoms. The van der Waals surface area contributed by atoms with Gasteiger partial charge in [0.25, 0.3) is 9.47 Å². The lowest BCUT2D eigenvalue weighted by molar-refractivity contribution is -0.0648. The van der Waals surface area contributed by atoms with Crippen LogP contribution in [0, 0.1) is 0 Å². The van der Waals surface area contributed by atoms with Gasteiger partial charge in [0.2, 0.25) is 5.42 Å². The summed E-state index contributed by atoms with van der Waals surface area (Å²) in [6, 6.07) is 0. The maximum Gasteiger partial charge on any atom is 0.440 e. The van der Waals surface area contributed by atoms with Gasteiger partial charge in [-0.3, -0.25) is 4.11 Å². The van der Waals surface area contributed by atoms with Crippen LogP contribution in [0.4, 0.5) is 21.7 Å². The van der Waals surface area contributed by atoms with Crippen LogP contribution in [0.15, 0.2) is 0 Å². The maximum absolute atomic E-state index is 11.1. The van der Waals surface area contributed by atoms with Crippen LogP contribution in [0.25, 0.3) is 0 Å².